The van der Waals surface area contributed by atoms with Crippen molar-refractivity contribution in [2.45, 2.75) is 47.0 Å². The van der Waals surface area contributed by atoms with E-state index in [9.17, 15) is 9.59 Å². The molecule has 0 unspecified atom stereocenters. The van der Waals surface area contributed by atoms with Crippen LogP contribution in [-0.2, 0) is 5.41 Å². The van der Waals surface area contributed by atoms with Gasteiger partial charge in [0.05, 0.1) is 22.8 Å². The lowest BCUT2D eigenvalue weighted by Crippen LogP contribution is -2.49. The summed E-state index contributed by atoms with van der Waals surface area (Å²) in [6.45, 7) is 14.8. The van der Waals surface area contributed by atoms with Crippen molar-refractivity contribution in [3.05, 3.63) is 94.8 Å². The number of urea groups is 1. The third kappa shape index (κ3) is 6.30. The predicted octanol–water partition coefficient (Wildman–Crippen LogP) is 6.10. The molecule has 5 rings (SSSR count). The van der Waals surface area contributed by atoms with E-state index in [2.05, 4.69) is 36.3 Å². The van der Waals surface area contributed by atoms with Gasteiger partial charge in [0.15, 0.2) is 0 Å². The van der Waals surface area contributed by atoms with Gasteiger partial charge in [-0.2, -0.15) is 5.10 Å². The molecule has 0 bridgehead atoms. The van der Waals surface area contributed by atoms with Gasteiger partial charge in [0.25, 0.3) is 5.91 Å². The van der Waals surface area contributed by atoms with Crippen molar-refractivity contribution in [1.82, 2.24) is 19.7 Å². The number of hydrogen-bond acceptors (Lipinski definition) is 5. The highest BCUT2D eigenvalue weighted by Gasteiger charge is 2.25. The molecule has 1 aliphatic rings. The Morgan fingerprint density at radius 1 is 0.833 bits per heavy atom. The van der Waals surface area contributed by atoms with Gasteiger partial charge in [0.2, 0.25) is 0 Å². The normalized spacial score (nSPS) is 13.7. The SMILES string of the molecule is Cc1ccc(-n2nc(C(C)(C)C)cc2NC(=O)Nc2ccc(N3CCN(C(=O)c4ccccc4C)CC3)nc2C)cc1. The van der Waals surface area contributed by atoms with Gasteiger partial charge in [-0.3, -0.25) is 10.1 Å². The number of pyridine rings is 1. The van der Waals surface area contributed by atoms with Crippen LogP contribution in [0.1, 0.15) is 53.6 Å². The van der Waals surface area contributed by atoms with Gasteiger partial charge in [-0.25, -0.2) is 14.5 Å². The van der Waals surface area contributed by atoms with Crippen LogP contribution < -0.4 is 15.5 Å². The average molecular weight is 566 g/mol. The second-order valence-corrected chi connectivity index (χ2v) is 11.9. The molecule has 4 aromatic rings. The Kier molecular flexibility index (Phi) is 8.02. The van der Waals surface area contributed by atoms with Gasteiger partial charge in [-0.15, -0.1) is 0 Å². The first kappa shape index (κ1) is 28.9. The molecule has 2 aromatic carbocycles. The van der Waals surface area contributed by atoms with Crippen molar-refractivity contribution >= 4 is 29.3 Å². The lowest BCUT2D eigenvalue weighted by molar-refractivity contribution is 0.0745. The molecule has 3 amide bonds. The summed E-state index contributed by atoms with van der Waals surface area (Å²) < 4.78 is 1.76. The second-order valence-electron chi connectivity index (χ2n) is 11.9. The van der Waals surface area contributed by atoms with Crippen LogP contribution in [-0.4, -0.2) is 57.8 Å². The number of aryl methyl sites for hydroxylation is 3. The Bertz CT molecular complexity index is 1590. The second kappa shape index (κ2) is 11.7. The summed E-state index contributed by atoms with van der Waals surface area (Å²) in [7, 11) is 0. The highest BCUT2D eigenvalue weighted by Crippen LogP contribution is 2.27. The van der Waals surface area contributed by atoms with Crippen molar-refractivity contribution in [2.75, 3.05) is 41.7 Å². The third-order valence-electron chi connectivity index (χ3n) is 7.58. The minimum Gasteiger partial charge on any atom is -0.353 e. The van der Waals surface area contributed by atoms with Crippen LogP contribution in [0.2, 0.25) is 0 Å². The number of anilines is 3. The monoisotopic (exact) mass is 565 g/mol. The largest absolute Gasteiger partial charge is 0.353 e. The van der Waals surface area contributed by atoms with Crippen molar-refractivity contribution < 1.29 is 9.59 Å². The molecule has 1 fully saturated rings. The van der Waals surface area contributed by atoms with E-state index < -0.39 is 0 Å². The number of nitrogens with one attached hydrogen (secondary N) is 2. The molecule has 3 heterocycles. The van der Waals surface area contributed by atoms with Crippen LogP contribution in [0.15, 0.2) is 66.7 Å². The maximum absolute atomic E-state index is 13.1. The minimum atomic E-state index is -0.371. The highest BCUT2D eigenvalue weighted by molar-refractivity contribution is 6.00. The van der Waals surface area contributed by atoms with Gasteiger partial charge < -0.3 is 15.1 Å². The quantitative estimate of drug-likeness (QED) is 0.305. The first-order valence-corrected chi connectivity index (χ1v) is 14.3. The fraction of sp³-hybridized carbons (Fsp3) is 0.333. The number of carbonyl (C=O) groups is 2. The number of rotatable bonds is 5. The summed E-state index contributed by atoms with van der Waals surface area (Å²) in [5.41, 5.74) is 5.80. The Balaban J connectivity index is 1.24. The molecule has 0 spiro atoms. The molecular weight excluding hydrogens is 526 g/mol. The smallest absolute Gasteiger partial charge is 0.324 e. The zero-order chi connectivity index (χ0) is 30.0. The van der Waals surface area contributed by atoms with E-state index in [-0.39, 0.29) is 17.4 Å². The van der Waals surface area contributed by atoms with Crippen LogP contribution in [0.4, 0.5) is 22.1 Å². The number of piperazine rings is 1. The van der Waals surface area contributed by atoms with Crippen molar-refractivity contribution in [2.24, 2.45) is 0 Å². The maximum Gasteiger partial charge on any atom is 0.324 e. The summed E-state index contributed by atoms with van der Waals surface area (Å²) in [6.07, 6.45) is 0. The molecule has 0 radical (unpaired) electrons. The topological polar surface area (TPSA) is 95.4 Å². The molecule has 0 atom stereocenters. The first-order chi connectivity index (χ1) is 20.0. The van der Waals surface area contributed by atoms with Crippen LogP contribution >= 0.6 is 0 Å². The Labute approximate surface area is 247 Å². The van der Waals surface area contributed by atoms with Crippen molar-refractivity contribution in [3.63, 3.8) is 0 Å². The van der Waals surface area contributed by atoms with E-state index in [1.54, 1.807) is 4.68 Å². The number of hydrogen-bond donors (Lipinski definition) is 2. The van der Waals surface area contributed by atoms with E-state index >= 15 is 0 Å². The van der Waals surface area contributed by atoms with Gasteiger partial charge >= 0.3 is 6.03 Å². The summed E-state index contributed by atoms with van der Waals surface area (Å²) in [4.78, 5) is 35.0. The molecular formula is C33H39N7O2. The fourth-order valence-corrected chi connectivity index (χ4v) is 4.97. The number of amides is 3. The van der Waals surface area contributed by atoms with E-state index in [0.717, 1.165) is 33.9 Å². The van der Waals surface area contributed by atoms with Gasteiger partial charge in [-0.05, 0) is 56.7 Å². The van der Waals surface area contributed by atoms with Crippen molar-refractivity contribution in [1.29, 1.82) is 0 Å². The van der Waals surface area contributed by atoms with Gasteiger partial charge in [0.1, 0.15) is 11.6 Å². The molecule has 2 aromatic heterocycles. The zero-order valence-corrected chi connectivity index (χ0v) is 25.2. The number of benzene rings is 2. The first-order valence-electron chi connectivity index (χ1n) is 14.3. The number of nitrogens with zero attached hydrogens (tertiary/aromatic N) is 5. The Hall–Kier alpha value is -4.66. The molecule has 0 saturated carbocycles. The highest BCUT2D eigenvalue weighted by atomic mass is 16.2. The number of carbonyl (C=O) groups excluding carboxylic acids is 2. The fourth-order valence-electron chi connectivity index (χ4n) is 4.97. The van der Waals surface area contributed by atoms with Crippen LogP contribution in [0.3, 0.4) is 0 Å². The standard InChI is InChI=1S/C33H39N7O2/c1-22-11-13-25(14-12-22)40-30(21-28(37-40)33(4,5)6)36-32(42)35-27-15-16-29(34-24(27)3)38-17-19-39(20-18-38)31(41)26-10-8-7-9-23(26)2/h7-16,21H,17-20H2,1-6H3,(H2,35,36,42). The summed E-state index contributed by atoms with van der Waals surface area (Å²) >= 11 is 0. The lowest BCUT2D eigenvalue weighted by Gasteiger charge is -2.35. The van der Waals surface area contributed by atoms with E-state index in [1.807, 2.05) is 92.4 Å². The summed E-state index contributed by atoms with van der Waals surface area (Å²) in [5.74, 6) is 1.48. The third-order valence-corrected chi connectivity index (χ3v) is 7.58. The molecule has 0 aliphatic carbocycles. The minimum absolute atomic E-state index is 0.0702. The predicted molar refractivity (Wildman–Crippen MR) is 168 cm³/mol. The zero-order valence-electron chi connectivity index (χ0n) is 25.2. The van der Waals surface area contributed by atoms with Crippen LogP contribution in [0.25, 0.3) is 5.69 Å². The van der Waals surface area contributed by atoms with Crippen LogP contribution in [0, 0.1) is 20.8 Å². The molecule has 1 aliphatic heterocycles. The Morgan fingerprint density at radius 3 is 2.17 bits per heavy atom. The van der Waals surface area contributed by atoms with Gasteiger partial charge in [0, 0.05) is 43.2 Å². The lowest BCUT2D eigenvalue weighted by atomic mass is 9.92. The van der Waals surface area contributed by atoms with E-state index in [4.69, 9.17) is 10.1 Å². The molecule has 9 heteroatoms. The van der Waals surface area contributed by atoms with Gasteiger partial charge in [-0.1, -0.05) is 56.7 Å². The molecule has 218 valence electrons. The molecule has 2 N–H and O–H groups in total. The Morgan fingerprint density at radius 2 is 1.52 bits per heavy atom. The maximum atomic E-state index is 13.1. The molecule has 1 saturated heterocycles. The van der Waals surface area contributed by atoms with E-state index in [0.29, 0.717) is 43.4 Å². The summed E-state index contributed by atoms with van der Waals surface area (Å²) in [6, 6.07) is 21.1. The van der Waals surface area contributed by atoms with Crippen LogP contribution in [0.5, 0.6) is 0 Å². The molecule has 42 heavy (non-hydrogen) atoms. The van der Waals surface area contributed by atoms with E-state index in [1.165, 1.54) is 0 Å². The van der Waals surface area contributed by atoms with Crippen molar-refractivity contribution in [3.8, 4) is 5.69 Å². The molecule has 9 nitrogen and oxygen atoms in total. The summed E-state index contributed by atoms with van der Waals surface area (Å²) in [5, 5.41) is 10.7. The average Bonchev–Trinajstić information content (AvgIpc) is 3.39. The number of aromatic nitrogens is 3.